The Morgan fingerprint density at radius 1 is 1.12 bits per heavy atom. The lowest BCUT2D eigenvalue weighted by Gasteiger charge is -2.32. The van der Waals surface area contributed by atoms with Gasteiger partial charge in [-0.25, -0.2) is 4.98 Å². The number of methoxy groups -OCH3 is 3. The number of hydrogen-bond acceptors (Lipinski definition) is 7. The van der Waals surface area contributed by atoms with E-state index in [9.17, 15) is 9.59 Å². The van der Waals surface area contributed by atoms with Gasteiger partial charge in [-0.1, -0.05) is 6.07 Å². The van der Waals surface area contributed by atoms with Gasteiger partial charge in [0.1, 0.15) is 5.82 Å². The zero-order valence-corrected chi connectivity index (χ0v) is 18.7. The highest BCUT2D eigenvalue weighted by atomic mass is 16.5. The van der Waals surface area contributed by atoms with E-state index >= 15 is 0 Å². The number of amides is 2. The lowest BCUT2D eigenvalue weighted by atomic mass is 9.97. The maximum atomic E-state index is 12.5. The number of primary amides is 1. The maximum absolute atomic E-state index is 12.5. The van der Waals surface area contributed by atoms with Crippen LogP contribution in [0.5, 0.6) is 17.2 Å². The minimum absolute atomic E-state index is 0.136. The van der Waals surface area contributed by atoms with Crippen molar-refractivity contribution in [3.63, 3.8) is 0 Å². The molecule has 9 heteroatoms. The highest BCUT2D eigenvalue weighted by molar-refractivity contribution is 5.90. The normalized spacial score (nSPS) is 15.7. The average molecular weight is 443 g/mol. The van der Waals surface area contributed by atoms with Gasteiger partial charge in [0, 0.05) is 19.5 Å². The van der Waals surface area contributed by atoms with Gasteiger partial charge in [-0.15, -0.1) is 0 Å². The van der Waals surface area contributed by atoms with Gasteiger partial charge in [-0.05, 0) is 43.0 Å². The number of piperidine rings is 1. The first-order valence-electron chi connectivity index (χ1n) is 10.5. The predicted octanol–water partition coefficient (Wildman–Crippen LogP) is 2.38. The first kappa shape index (κ1) is 23.2. The Labute approximate surface area is 187 Å². The minimum atomic E-state index is -0.273. The molecule has 2 aromatic rings. The lowest BCUT2D eigenvalue weighted by Crippen LogP contribution is -2.41. The number of pyridine rings is 1. The van der Waals surface area contributed by atoms with Crippen LogP contribution in [0.2, 0.25) is 0 Å². The largest absolute Gasteiger partial charge is 0.493 e. The molecule has 3 N–H and O–H groups in total. The van der Waals surface area contributed by atoms with Gasteiger partial charge in [0.25, 0.3) is 0 Å². The molecule has 1 saturated heterocycles. The van der Waals surface area contributed by atoms with Crippen molar-refractivity contribution < 1.29 is 23.8 Å². The monoisotopic (exact) mass is 442 g/mol. The Kier molecular flexibility index (Phi) is 7.75. The molecule has 1 aromatic heterocycles. The van der Waals surface area contributed by atoms with E-state index in [4.69, 9.17) is 19.9 Å². The first-order chi connectivity index (χ1) is 15.5. The first-order valence-corrected chi connectivity index (χ1v) is 10.5. The molecule has 2 heterocycles. The van der Waals surface area contributed by atoms with Gasteiger partial charge in [0.2, 0.25) is 17.6 Å². The molecule has 0 radical (unpaired) electrons. The van der Waals surface area contributed by atoms with E-state index in [0.29, 0.717) is 35.9 Å². The van der Waals surface area contributed by atoms with Crippen molar-refractivity contribution in [1.82, 2.24) is 4.98 Å². The highest BCUT2D eigenvalue weighted by Crippen LogP contribution is 2.40. The summed E-state index contributed by atoms with van der Waals surface area (Å²) in [6.07, 6.45) is 4.07. The topological polar surface area (TPSA) is 116 Å². The minimum Gasteiger partial charge on any atom is -0.493 e. The van der Waals surface area contributed by atoms with Crippen molar-refractivity contribution in [2.75, 3.05) is 44.6 Å². The van der Waals surface area contributed by atoms with E-state index in [2.05, 4.69) is 10.3 Å². The van der Waals surface area contributed by atoms with Crippen LogP contribution in [0.3, 0.4) is 0 Å². The molecule has 1 atom stereocenters. The molecule has 32 heavy (non-hydrogen) atoms. The van der Waals surface area contributed by atoms with Crippen LogP contribution in [-0.4, -0.2) is 51.2 Å². The van der Waals surface area contributed by atoms with E-state index in [1.165, 1.54) is 0 Å². The van der Waals surface area contributed by atoms with Crippen LogP contribution in [0.4, 0.5) is 11.5 Å². The van der Waals surface area contributed by atoms with Gasteiger partial charge in [0.05, 0.1) is 39.1 Å². The zero-order valence-electron chi connectivity index (χ0n) is 18.7. The second-order valence-electron chi connectivity index (χ2n) is 7.63. The number of carbonyl (C=O) groups is 2. The number of carbonyl (C=O) groups excluding carboxylic acids is 2. The van der Waals surface area contributed by atoms with Crippen LogP contribution < -0.4 is 30.2 Å². The average Bonchev–Trinajstić information content (AvgIpc) is 2.82. The van der Waals surface area contributed by atoms with Crippen molar-refractivity contribution >= 4 is 23.3 Å². The van der Waals surface area contributed by atoms with Crippen molar-refractivity contribution in [3.05, 3.63) is 36.0 Å². The molecule has 3 rings (SSSR count). The summed E-state index contributed by atoms with van der Waals surface area (Å²) in [5, 5.41) is 2.87. The lowest BCUT2D eigenvalue weighted by molar-refractivity contribution is -0.122. The number of rotatable bonds is 9. The molecule has 0 bridgehead atoms. The fraction of sp³-hybridized carbons (Fsp3) is 0.435. The molecule has 1 aromatic carbocycles. The molecule has 0 aliphatic carbocycles. The van der Waals surface area contributed by atoms with Gasteiger partial charge in [-0.3, -0.25) is 9.59 Å². The Balaban J connectivity index is 1.58. The third-order valence-electron chi connectivity index (χ3n) is 5.59. The van der Waals surface area contributed by atoms with E-state index in [1.54, 1.807) is 33.6 Å². The summed E-state index contributed by atoms with van der Waals surface area (Å²) in [5.74, 6) is 1.83. The molecule has 0 saturated carbocycles. The second-order valence-corrected chi connectivity index (χ2v) is 7.63. The number of aryl methyl sites for hydroxylation is 1. The van der Waals surface area contributed by atoms with Crippen molar-refractivity contribution in [2.45, 2.75) is 25.7 Å². The summed E-state index contributed by atoms with van der Waals surface area (Å²) in [6, 6.07) is 7.31. The molecular formula is C23H30N4O5. The van der Waals surface area contributed by atoms with Gasteiger partial charge >= 0.3 is 0 Å². The van der Waals surface area contributed by atoms with Crippen LogP contribution in [0.15, 0.2) is 30.5 Å². The molecular weight excluding hydrogens is 412 g/mol. The van der Waals surface area contributed by atoms with Crippen molar-refractivity contribution in [3.8, 4) is 17.2 Å². The zero-order chi connectivity index (χ0) is 23.1. The molecule has 1 fully saturated rings. The standard InChI is InChI=1S/C23H30N4O5/c1-30-18-9-6-15(21(31-2)22(18)32-3)7-11-20(28)26-17-8-10-19(25-13-17)27-12-4-5-16(14-27)23(24)29/h6,8-10,13,16H,4-5,7,11-12,14H2,1-3H3,(H2,24,29)(H,26,28). The third-order valence-corrected chi connectivity index (χ3v) is 5.59. The highest BCUT2D eigenvalue weighted by Gasteiger charge is 2.24. The summed E-state index contributed by atoms with van der Waals surface area (Å²) < 4.78 is 16.2. The second kappa shape index (κ2) is 10.7. The molecule has 9 nitrogen and oxygen atoms in total. The van der Waals surface area contributed by atoms with Gasteiger partial charge in [-0.2, -0.15) is 0 Å². The number of aromatic nitrogens is 1. The number of ether oxygens (including phenoxy) is 3. The number of hydrogen-bond donors (Lipinski definition) is 2. The van der Waals surface area contributed by atoms with Crippen molar-refractivity contribution in [1.29, 1.82) is 0 Å². The third kappa shape index (κ3) is 5.40. The number of nitrogens with two attached hydrogens (primary N) is 1. The summed E-state index contributed by atoms with van der Waals surface area (Å²) in [4.78, 5) is 30.5. The number of anilines is 2. The Hall–Kier alpha value is -3.49. The van der Waals surface area contributed by atoms with E-state index in [-0.39, 0.29) is 24.2 Å². The predicted molar refractivity (Wildman–Crippen MR) is 121 cm³/mol. The van der Waals surface area contributed by atoms with Gasteiger partial charge < -0.3 is 30.2 Å². The molecule has 1 aliphatic heterocycles. The summed E-state index contributed by atoms with van der Waals surface area (Å²) in [5.41, 5.74) is 6.91. The Morgan fingerprint density at radius 3 is 2.53 bits per heavy atom. The van der Waals surface area contributed by atoms with Crippen LogP contribution in [0.1, 0.15) is 24.8 Å². The molecule has 1 unspecified atom stereocenters. The SMILES string of the molecule is COc1ccc(CCC(=O)Nc2ccc(N3CCCC(C(N)=O)C3)nc2)c(OC)c1OC. The summed E-state index contributed by atoms with van der Waals surface area (Å²) >= 11 is 0. The van der Waals surface area contributed by atoms with Crippen LogP contribution >= 0.6 is 0 Å². The summed E-state index contributed by atoms with van der Waals surface area (Å²) in [6.45, 7) is 1.40. The quantitative estimate of drug-likeness (QED) is 0.612. The van der Waals surface area contributed by atoms with Gasteiger partial charge in [0.15, 0.2) is 11.5 Å². The number of nitrogens with one attached hydrogen (secondary N) is 1. The van der Waals surface area contributed by atoms with Crippen molar-refractivity contribution in [2.24, 2.45) is 11.7 Å². The summed E-state index contributed by atoms with van der Waals surface area (Å²) in [7, 11) is 4.67. The molecule has 1 aliphatic rings. The maximum Gasteiger partial charge on any atom is 0.224 e. The molecule has 2 amide bonds. The Bertz CT molecular complexity index is 948. The van der Waals surface area contributed by atoms with Crippen LogP contribution in [0.25, 0.3) is 0 Å². The molecule has 172 valence electrons. The van der Waals surface area contributed by atoms with Crippen LogP contribution in [0, 0.1) is 5.92 Å². The fourth-order valence-electron chi connectivity index (χ4n) is 3.90. The van der Waals surface area contributed by atoms with E-state index in [1.807, 2.05) is 23.1 Å². The van der Waals surface area contributed by atoms with Crippen LogP contribution in [-0.2, 0) is 16.0 Å². The Morgan fingerprint density at radius 2 is 1.91 bits per heavy atom. The van der Waals surface area contributed by atoms with E-state index < -0.39 is 0 Å². The number of benzene rings is 1. The fourth-order valence-corrected chi connectivity index (χ4v) is 3.90. The smallest absolute Gasteiger partial charge is 0.224 e. The number of nitrogens with zero attached hydrogens (tertiary/aromatic N) is 2. The molecule has 0 spiro atoms. The van der Waals surface area contributed by atoms with E-state index in [0.717, 1.165) is 30.8 Å².